The van der Waals surface area contributed by atoms with Crippen molar-refractivity contribution in [2.45, 2.75) is 13.0 Å². The van der Waals surface area contributed by atoms with Gasteiger partial charge in [-0.05, 0) is 48.4 Å². The van der Waals surface area contributed by atoms with Crippen LogP contribution in [0.2, 0.25) is 0 Å². The molecule has 1 unspecified atom stereocenters. The highest BCUT2D eigenvalue weighted by Gasteiger charge is 2.31. The fourth-order valence-electron chi connectivity index (χ4n) is 3.19. The van der Waals surface area contributed by atoms with Crippen molar-refractivity contribution in [2.24, 2.45) is 0 Å². The summed E-state index contributed by atoms with van der Waals surface area (Å²) in [7, 11) is 0. The monoisotopic (exact) mass is 365 g/mol. The van der Waals surface area contributed by atoms with Crippen LogP contribution in [0.4, 0.5) is 10.5 Å². The number of para-hydroxylation sites is 2. The number of carbonyl (C=O) groups is 1. The normalized spacial score (nSPS) is 15.0. The third-order valence-electron chi connectivity index (χ3n) is 4.54. The van der Waals surface area contributed by atoms with E-state index in [4.69, 9.17) is 4.74 Å². The topological polar surface area (TPSA) is 29.5 Å². The number of nitrogens with zero attached hydrogens (tertiary/aromatic N) is 1. The first-order chi connectivity index (χ1) is 13.7. The molecule has 3 heteroatoms. The van der Waals surface area contributed by atoms with E-state index in [-0.39, 0.29) is 0 Å². The minimum Gasteiger partial charge on any atom is -0.410 e. The smallest absolute Gasteiger partial charge is 0.410 e. The Balaban J connectivity index is 1.73. The summed E-state index contributed by atoms with van der Waals surface area (Å²) in [5.74, 6) is 6.94. The average molecular weight is 365 g/mol. The Hall–Kier alpha value is -3.77. The Morgan fingerprint density at radius 3 is 2.29 bits per heavy atom. The zero-order valence-corrected chi connectivity index (χ0v) is 15.5. The number of anilines is 1. The number of fused-ring (bicyclic) bond motifs is 1. The molecule has 0 bridgehead atoms. The fourth-order valence-corrected chi connectivity index (χ4v) is 3.19. The molecule has 0 fully saturated rings. The molecule has 0 spiro atoms. The fraction of sp³-hybridized carbons (Fsp3) is 0.0800. The minimum atomic E-state index is -0.446. The van der Waals surface area contributed by atoms with Gasteiger partial charge in [-0.25, -0.2) is 4.79 Å². The van der Waals surface area contributed by atoms with Crippen molar-refractivity contribution in [2.75, 3.05) is 4.90 Å². The molecule has 1 atom stereocenters. The maximum absolute atomic E-state index is 13.1. The predicted octanol–water partition coefficient (Wildman–Crippen LogP) is 5.53. The van der Waals surface area contributed by atoms with Crippen LogP contribution in [-0.2, 0) is 0 Å². The van der Waals surface area contributed by atoms with E-state index in [0.717, 1.165) is 22.4 Å². The summed E-state index contributed by atoms with van der Waals surface area (Å²) in [4.78, 5) is 14.7. The van der Waals surface area contributed by atoms with Gasteiger partial charge in [0.1, 0.15) is 11.8 Å². The summed E-state index contributed by atoms with van der Waals surface area (Å²) in [5.41, 5.74) is 3.67. The molecule has 3 aromatic carbocycles. The second-order valence-electron chi connectivity index (χ2n) is 6.54. The van der Waals surface area contributed by atoms with Gasteiger partial charge < -0.3 is 4.74 Å². The molecule has 0 aromatic heterocycles. The molecule has 0 aliphatic carbocycles. The molecule has 0 saturated heterocycles. The summed E-state index contributed by atoms with van der Waals surface area (Å²) in [6, 6.07) is 26.2. The molecular weight excluding hydrogens is 346 g/mol. The van der Waals surface area contributed by atoms with Crippen molar-refractivity contribution in [3.8, 4) is 17.6 Å². The summed E-state index contributed by atoms with van der Waals surface area (Å²) >= 11 is 0. The quantitative estimate of drug-likeness (QED) is 0.531. The number of benzene rings is 3. The molecule has 1 aliphatic heterocycles. The van der Waals surface area contributed by atoms with Crippen LogP contribution in [0.1, 0.15) is 18.1 Å². The van der Waals surface area contributed by atoms with Crippen molar-refractivity contribution < 1.29 is 9.53 Å². The van der Waals surface area contributed by atoms with Crippen LogP contribution in [0.15, 0.2) is 90.5 Å². The lowest BCUT2D eigenvalue weighted by Crippen LogP contribution is -2.44. The lowest BCUT2D eigenvalue weighted by molar-refractivity contribution is 0.207. The van der Waals surface area contributed by atoms with Crippen molar-refractivity contribution in [3.05, 3.63) is 102 Å². The van der Waals surface area contributed by atoms with Gasteiger partial charge in [-0.2, -0.15) is 0 Å². The van der Waals surface area contributed by atoms with Gasteiger partial charge in [0.15, 0.2) is 0 Å². The zero-order valence-electron chi connectivity index (χ0n) is 15.5. The van der Waals surface area contributed by atoms with Crippen LogP contribution in [0, 0.1) is 11.8 Å². The highest BCUT2D eigenvalue weighted by atomic mass is 16.6. The largest absolute Gasteiger partial charge is 0.421 e. The highest BCUT2D eigenvalue weighted by Crippen LogP contribution is 2.33. The van der Waals surface area contributed by atoms with Gasteiger partial charge in [0, 0.05) is 5.56 Å². The van der Waals surface area contributed by atoms with E-state index in [2.05, 4.69) is 17.9 Å². The van der Waals surface area contributed by atoms with E-state index in [1.54, 1.807) is 17.0 Å². The van der Waals surface area contributed by atoms with Gasteiger partial charge >= 0.3 is 6.09 Å². The van der Waals surface area contributed by atoms with Crippen LogP contribution >= 0.6 is 0 Å². The summed E-state index contributed by atoms with van der Waals surface area (Å²) < 4.78 is 5.63. The van der Waals surface area contributed by atoms with Crippen LogP contribution in [0.3, 0.4) is 0 Å². The second kappa shape index (κ2) is 7.85. The number of hydrogen-bond acceptors (Lipinski definition) is 2. The SMILES string of the molecule is CC1=Cc2ccccc2N(C(=O)Oc2ccccc2)C1C#Cc1ccccc1. The van der Waals surface area contributed by atoms with Gasteiger partial charge in [0.05, 0.1) is 5.69 Å². The summed E-state index contributed by atoms with van der Waals surface area (Å²) in [6.07, 6.45) is 1.63. The number of rotatable bonds is 1. The molecule has 3 nitrogen and oxygen atoms in total. The number of ether oxygens (including phenoxy) is 1. The van der Waals surface area contributed by atoms with Gasteiger partial charge in [0.25, 0.3) is 0 Å². The maximum atomic E-state index is 13.1. The zero-order chi connectivity index (χ0) is 19.3. The first-order valence-electron chi connectivity index (χ1n) is 9.12. The molecule has 4 rings (SSSR count). The Morgan fingerprint density at radius 1 is 0.893 bits per heavy atom. The molecule has 0 N–H and O–H groups in total. The van der Waals surface area contributed by atoms with Crippen molar-refractivity contribution >= 4 is 17.9 Å². The van der Waals surface area contributed by atoms with Crippen molar-refractivity contribution in [1.29, 1.82) is 0 Å². The van der Waals surface area contributed by atoms with Crippen molar-refractivity contribution in [3.63, 3.8) is 0 Å². The average Bonchev–Trinajstić information content (AvgIpc) is 2.73. The standard InChI is InChI=1S/C25H19NO2/c1-19-18-21-12-8-9-15-24(21)26(25(27)28-22-13-6-3-7-14-22)23(19)17-16-20-10-4-2-5-11-20/h2-15,18,23H,1H3. The second-order valence-corrected chi connectivity index (χ2v) is 6.54. The van der Waals surface area contributed by atoms with Crippen LogP contribution < -0.4 is 9.64 Å². The Labute approximate surface area is 164 Å². The third-order valence-corrected chi connectivity index (χ3v) is 4.54. The van der Waals surface area contributed by atoms with Crippen LogP contribution in [0.5, 0.6) is 5.75 Å². The minimum absolute atomic E-state index is 0.397. The third kappa shape index (κ3) is 3.67. The molecule has 1 amide bonds. The van der Waals surface area contributed by atoms with Crippen molar-refractivity contribution in [1.82, 2.24) is 0 Å². The lowest BCUT2D eigenvalue weighted by atomic mass is 9.96. The Morgan fingerprint density at radius 2 is 1.54 bits per heavy atom. The van der Waals surface area contributed by atoms with E-state index < -0.39 is 12.1 Å². The van der Waals surface area contributed by atoms with Gasteiger partial charge in [-0.1, -0.05) is 72.5 Å². The van der Waals surface area contributed by atoms with E-state index in [1.807, 2.05) is 79.7 Å². The molecule has 3 aromatic rings. The van der Waals surface area contributed by atoms with E-state index in [1.165, 1.54) is 0 Å². The Bertz CT molecular complexity index is 1080. The number of amides is 1. The van der Waals surface area contributed by atoms with Crippen LogP contribution in [0.25, 0.3) is 6.08 Å². The molecule has 136 valence electrons. The van der Waals surface area contributed by atoms with Gasteiger partial charge in [-0.15, -0.1) is 0 Å². The number of carbonyl (C=O) groups excluding carboxylic acids is 1. The van der Waals surface area contributed by atoms with Crippen LogP contribution in [-0.4, -0.2) is 12.1 Å². The molecule has 28 heavy (non-hydrogen) atoms. The maximum Gasteiger partial charge on any atom is 0.421 e. The summed E-state index contributed by atoms with van der Waals surface area (Å²) in [6.45, 7) is 1.99. The van der Waals surface area contributed by atoms with Gasteiger partial charge in [-0.3, -0.25) is 4.90 Å². The van der Waals surface area contributed by atoms with E-state index in [9.17, 15) is 4.79 Å². The van der Waals surface area contributed by atoms with E-state index in [0.29, 0.717) is 5.75 Å². The molecule has 1 heterocycles. The van der Waals surface area contributed by atoms with E-state index >= 15 is 0 Å². The highest BCUT2D eigenvalue weighted by molar-refractivity contribution is 5.96. The molecular formula is C25H19NO2. The molecule has 0 radical (unpaired) electrons. The first kappa shape index (κ1) is 17.6. The Kier molecular flexibility index (Phi) is 4.95. The summed E-state index contributed by atoms with van der Waals surface area (Å²) in [5, 5.41) is 0. The lowest BCUT2D eigenvalue weighted by Gasteiger charge is -2.33. The molecule has 0 saturated carbocycles. The van der Waals surface area contributed by atoms with Gasteiger partial charge in [0.2, 0.25) is 0 Å². The predicted molar refractivity (Wildman–Crippen MR) is 112 cm³/mol. The molecule has 1 aliphatic rings. The number of hydrogen-bond donors (Lipinski definition) is 0. The first-order valence-corrected chi connectivity index (χ1v) is 9.12.